The first-order chi connectivity index (χ1) is 14.6. The van der Waals surface area contributed by atoms with E-state index in [1.807, 2.05) is 0 Å². The molecule has 2 aromatic carbocycles. The molecule has 0 bridgehead atoms. The number of carbonyl (C=O) groups is 1. The van der Waals surface area contributed by atoms with Crippen LogP contribution < -0.4 is 9.47 Å². The Kier molecular flexibility index (Phi) is 7.08. The van der Waals surface area contributed by atoms with E-state index in [0.717, 1.165) is 12.1 Å². The van der Waals surface area contributed by atoms with Crippen LogP contribution in [0.3, 0.4) is 0 Å². The summed E-state index contributed by atoms with van der Waals surface area (Å²) in [4.78, 5) is 13.6. The van der Waals surface area contributed by atoms with E-state index in [0.29, 0.717) is 40.9 Å². The van der Waals surface area contributed by atoms with Crippen molar-refractivity contribution in [3.05, 3.63) is 56.5 Å². The van der Waals surface area contributed by atoms with Gasteiger partial charge in [-0.05, 0) is 54.3 Å². The van der Waals surface area contributed by atoms with Gasteiger partial charge in [-0.1, -0.05) is 27.5 Å². The van der Waals surface area contributed by atoms with Crippen LogP contribution in [0.1, 0.15) is 35.6 Å². The summed E-state index contributed by atoms with van der Waals surface area (Å²) in [5.41, 5.74) is -0.177. The highest BCUT2D eigenvalue weighted by Crippen LogP contribution is 2.45. The van der Waals surface area contributed by atoms with Crippen molar-refractivity contribution in [2.24, 2.45) is 0 Å². The molecule has 10 heteroatoms. The van der Waals surface area contributed by atoms with Gasteiger partial charge in [-0.25, -0.2) is 0 Å². The SMILES string of the molecule is COc1cc(Br)c(C(c2cc(C(F)(F)F)ccc2Cl)N2CCCC2C(=O)O)cc1OC. The van der Waals surface area contributed by atoms with Crippen molar-refractivity contribution in [1.29, 1.82) is 0 Å². The van der Waals surface area contributed by atoms with Gasteiger partial charge in [0.05, 0.1) is 25.8 Å². The highest BCUT2D eigenvalue weighted by atomic mass is 79.9. The Labute approximate surface area is 190 Å². The van der Waals surface area contributed by atoms with Crippen LogP contribution in [0.2, 0.25) is 5.02 Å². The molecule has 5 nitrogen and oxygen atoms in total. The highest BCUT2D eigenvalue weighted by Gasteiger charge is 2.40. The first kappa shape index (κ1) is 23.7. The van der Waals surface area contributed by atoms with E-state index < -0.39 is 29.8 Å². The van der Waals surface area contributed by atoms with E-state index >= 15 is 0 Å². The van der Waals surface area contributed by atoms with Gasteiger partial charge in [0.2, 0.25) is 0 Å². The van der Waals surface area contributed by atoms with E-state index in [1.54, 1.807) is 17.0 Å². The van der Waals surface area contributed by atoms with Gasteiger partial charge >= 0.3 is 12.1 Å². The molecule has 3 rings (SSSR count). The zero-order chi connectivity index (χ0) is 22.9. The summed E-state index contributed by atoms with van der Waals surface area (Å²) < 4.78 is 51.5. The number of rotatable bonds is 6. The first-order valence-electron chi connectivity index (χ1n) is 9.35. The predicted octanol–water partition coefficient (Wildman–Crippen LogP) is 5.78. The lowest BCUT2D eigenvalue weighted by Gasteiger charge is -2.33. The molecule has 2 atom stereocenters. The van der Waals surface area contributed by atoms with Crippen molar-refractivity contribution >= 4 is 33.5 Å². The van der Waals surface area contributed by atoms with Crippen LogP contribution in [0.5, 0.6) is 11.5 Å². The molecule has 2 aromatic rings. The Bertz CT molecular complexity index is 986. The number of hydrogen-bond donors (Lipinski definition) is 1. The van der Waals surface area contributed by atoms with Gasteiger partial charge in [0, 0.05) is 16.0 Å². The third-order valence-corrected chi connectivity index (χ3v) is 6.36. The Morgan fingerprint density at radius 1 is 1.19 bits per heavy atom. The summed E-state index contributed by atoms with van der Waals surface area (Å²) >= 11 is 9.83. The molecular formula is C21H20BrClF3NO4. The summed E-state index contributed by atoms with van der Waals surface area (Å²) in [6.07, 6.45) is -3.60. The fraction of sp³-hybridized carbons (Fsp3) is 0.381. The monoisotopic (exact) mass is 521 g/mol. The molecular weight excluding hydrogens is 503 g/mol. The normalized spacial score (nSPS) is 18.1. The fourth-order valence-electron chi connectivity index (χ4n) is 3.90. The van der Waals surface area contributed by atoms with E-state index in [2.05, 4.69) is 15.9 Å². The van der Waals surface area contributed by atoms with E-state index in [4.69, 9.17) is 21.1 Å². The topological polar surface area (TPSA) is 59.0 Å². The number of halogens is 5. The van der Waals surface area contributed by atoms with Crippen molar-refractivity contribution in [3.63, 3.8) is 0 Å². The maximum absolute atomic E-state index is 13.4. The maximum Gasteiger partial charge on any atom is 0.416 e. The number of alkyl halides is 3. The number of ether oxygens (including phenoxy) is 2. The number of carboxylic acids is 1. The minimum Gasteiger partial charge on any atom is -0.493 e. The van der Waals surface area contributed by atoms with Crippen LogP contribution in [-0.2, 0) is 11.0 Å². The largest absolute Gasteiger partial charge is 0.493 e. The number of aliphatic carboxylic acids is 1. The van der Waals surface area contributed by atoms with E-state index in [-0.39, 0.29) is 10.6 Å². The second kappa shape index (κ2) is 9.26. The number of methoxy groups -OCH3 is 2. The van der Waals surface area contributed by atoms with Crippen molar-refractivity contribution < 1.29 is 32.5 Å². The molecule has 1 aliphatic rings. The molecule has 0 amide bonds. The molecule has 31 heavy (non-hydrogen) atoms. The van der Waals surface area contributed by atoms with Gasteiger partial charge in [-0.2, -0.15) is 13.2 Å². The summed E-state index contributed by atoms with van der Waals surface area (Å²) in [6, 6.07) is 4.62. The number of likely N-dealkylation sites (tertiary alicyclic amines) is 1. The molecule has 1 saturated heterocycles. The summed E-state index contributed by atoms with van der Waals surface area (Å²) in [5.74, 6) is -0.259. The zero-order valence-electron chi connectivity index (χ0n) is 16.7. The maximum atomic E-state index is 13.4. The Morgan fingerprint density at radius 3 is 2.42 bits per heavy atom. The van der Waals surface area contributed by atoms with Crippen molar-refractivity contribution in [1.82, 2.24) is 4.90 Å². The van der Waals surface area contributed by atoms with Gasteiger partial charge < -0.3 is 14.6 Å². The minimum atomic E-state index is -4.57. The number of benzene rings is 2. The molecule has 1 heterocycles. The molecule has 1 aliphatic heterocycles. The molecule has 0 spiro atoms. The van der Waals surface area contributed by atoms with Crippen LogP contribution >= 0.6 is 27.5 Å². The minimum absolute atomic E-state index is 0.107. The average molecular weight is 523 g/mol. The standard InChI is InChI=1S/C21H20BrClF3NO4/c1-30-17-9-12(14(22)10-18(17)31-2)19(27-7-3-4-16(27)20(28)29)13-8-11(21(24,25)26)5-6-15(13)23/h5-6,8-10,16,19H,3-4,7H2,1-2H3,(H,28,29). The second-order valence-electron chi connectivity index (χ2n) is 7.10. The quantitative estimate of drug-likeness (QED) is 0.521. The number of nitrogens with zero attached hydrogens (tertiary/aromatic N) is 1. The summed E-state index contributed by atoms with van der Waals surface area (Å²) in [5, 5.41) is 9.83. The lowest BCUT2D eigenvalue weighted by Crippen LogP contribution is -2.39. The summed E-state index contributed by atoms with van der Waals surface area (Å²) in [7, 11) is 2.91. The highest BCUT2D eigenvalue weighted by molar-refractivity contribution is 9.10. The molecule has 2 unspecified atom stereocenters. The Balaban J connectivity index is 2.27. The van der Waals surface area contributed by atoms with E-state index in [9.17, 15) is 23.1 Å². The van der Waals surface area contributed by atoms with Gasteiger partial charge in [0.25, 0.3) is 0 Å². The molecule has 0 aliphatic carbocycles. The van der Waals surface area contributed by atoms with Crippen molar-refractivity contribution in [2.45, 2.75) is 31.1 Å². The molecule has 0 radical (unpaired) electrons. The van der Waals surface area contributed by atoms with Gasteiger partial charge in [-0.15, -0.1) is 0 Å². The van der Waals surface area contributed by atoms with Crippen molar-refractivity contribution in [2.75, 3.05) is 20.8 Å². The van der Waals surface area contributed by atoms with Crippen LogP contribution in [0.25, 0.3) is 0 Å². The van der Waals surface area contributed by atoms with Gasteiger partial charge in [0.1, 0.15) is 6.04 Å². The third-order valence-electron chi connectivity index (χ3n) is 5.33. The Hall–Kier alpha value is -1.97. The van der Waals surface area contributed by atoms with Crippen LogP contribution in [0.15, 0.2) is 34.8 Å². The molecule has 168 valence electrons. The van der Waals surface area contributed by atoms with Crippen LogP contribution in [-0.4, -0.2) is 42.8 Å². The van der Waals surface area contributed by atoms with Gasteiger partial charge in [0.15, 0.2) is 11.5 Å². The molecule has 1 fully saturated rings. The average Bonchev–Trinajstić information content (AvgIpc) is 3.19. The predicted molar refractivity (Wildman–Crippen MR) is 113 cm³/mol. The summed E-state index contributed by atoms with van der Waals surface area (Å²) in [6.45, 7) is 0.384. The number of hydrogen-bond acceptors (Lipinski definition) is 4. The number of carboxylic acid groups (broad SMARTS) is 1. The van der Waals surface area contributed by atoms with Gasteiger partial charge in [-0.3, -0.25) is 9.69 Å². The fourth-order valence-corrected chi connectivity index (χ4v) is 4.66. The zero-order valence-corrected chi connectivity index (χ0v) is 19.0. The van der Waals surface area contributed by atoms with Crippen LogP contribution in [0, 0.1) is 0 Å². The van der Waals surface area contributed by atoms with Crippen LogP contribution in [0.4, 0.5) is 13.2 Å². The third kappa shape index (κ3) is 4.78. The lowest BCUT2D eigenvalue weighted by molar-refractivity contribution is -0.143. The molecule has 0 saturated carbocycles. The Morgan fingerprint density at radius 2 is 1.84 bits per heavy atom. The smallest absolute Gasteiger partial charge is 0.416 e. The van der Waals surface area contributed by atoms with Crippen molar-refractivity contribution in [3.8, 4) is 11.5 Å². The van der Waals surface area contributed by atoms with E-state index in [1.165, 1.54) is 20.3 Å². The second-order valence-corrected chi connectivity index (χ2v) is 8.36. The lowest BCUT2D eigenvalue weighted by atomic mass is 9.94. The first-order valence-corrected chi connectivity index (χ1v) is 10.5. The molecule has 1 N–H and O–H groups in total. The molecule has 0 aromatic heterocycles.